The fourth-order valence-electron chi connectivity index (χ4n) is 2.74. The monoisotopic (exact) mass is 368 g/mol. The van der Waals surface area contributed by atoms with Gasteiger partial charge in [0, 0.05) is 13.1 Å². The van der Waals surface area contributed by atoms with Gasteiger partial charge in [0.25, 0.3) is 5.91 Å². The predicted octanol–water partition coefficient (Wildman–Crippen LogP) is 2.01. The number of rotatable bonds is 5. The highest BCUT2D eigenvalue weighted by molar-refractivity contribution is 7.92. The lowest BCUT2D eigenvalue weighted by atomic mass is 10.1. The summed E-state index contributed by atoms with van der Waals surface area (Å²) < 4.78 is 30.1. The van der Waals surface area contributed by atoms with E-state index in [9.17, 15) is 18.0 Å². The van der Waals surface area contributed by atoms with Gasteiger partial charge in [-0.25, -0.2) is 13.2 Å². The summed E-state index contributed by atoms with van der Waals surface area (Å²) in [5.41, 5.74) is 0.210. The molecule has 8 heteroatoms. The standard InChI is InChI=1S/C17H24N2O5S/c1-25(22,23)18-15-10-6-5-9-14(15)17(21)24-13-16(20)19-11-7-3-2-4-8-12-19/h5-6,9-10,18H,2-4,7-8,11-13H2,1H3. The third-order valence-electron chi connectivity index (χ3n) is 3.98. The Kier molecular flexibility index (Phi) is 6.81. The maximum absolute atomic E-state index is 12.2. The number of amides is 1. The molecule has 1 aliphatic heterocycles. The molecule has 1 heterocycles. The quantitative estimate of drug-likeness (QED) is 0.803. The number of sulfonamides is 1. The molecule has 25 heavy (non-hydrogen) atoms. The Labute approximate surface area is 148 Å². The van der Waals surface area contributed by atoms with Crippen molar-refractivity contribution in [2.45, 2.75) is 32.1 Å². The minimum absolute atomic E-state index is 0.0772. The Hall–Kier alpha value is -2.09. The summed E-state index contributed by atoms with van der Waals surface area (Å²) in [6, 6.07) is 6.13. The lowest BCUT2D eigenvalue weighted by Crippen LogP contribution is -2.37. The van der Waals surface area contributed by atoms with Crippen LogP contribution in [0.4, 0.5) is 5.69 Å². The third-order valence-corrected chi connectivity index (χ3v) is 4.57. The maximum Gasteiger partial charge on any atom is 0.340 e. The number of hydrogen-bond acceptors (Lipinski definition) is 5. The van der Waals surface area contributed by atoms with Crippen molar-refractivity contribution in [2.24, 2.45) is 0 Å². The van der Waals surface area contributed by atoms with Crippen LogP contribution in [0.2, 0.25) is 0 Å². The van der Waals surface area contributed by atoms with Crippen molar-refractivity contribution in [1.29, 1.82) is 0 Å². The van der Waals surface area contributed by atoms with Crippen molar-refractivity contribution in [3.8, 4) is 0 Å². The van der Waals surface area contributed by atoms with Crippen molar-refractivity contribution in [1.82, 2.24) is 4.90 Å². The van der Waals surface area contributed by atoms with E-state index in [1.807, 2.05) is 0 Å². The molecule has 0 aromatic heterocycles. The molecule has 138 valence electrons. The second-order valence-electron chi connectivity index (χ2n) is 6.14. The largest absolute Gasteiger partial charge is 0.452 e. The van der Waals surface area contributed by atoms with Crippen LogP contribution in [0.3, 0.4) is 0 Å². The average molecular weight is 368 g/mol. The van der Waals surface area contributed by atoms with Crippen LogP contribution in [0, 0.1) is 0 Å². The number of esters is 1. The van der Waals surface area contributed by atoms with Crippen molar-refractivity contribution in [3.05, 3.63) is 29.8 Å². The molecule has 0 aliphatic carbocycles. The molecule has 1 aliphatic rings. The van der Waals surface area contributed by atoms with Gasteiger partial charge < -0.3 is 9.64 Å². The molecule has 0 atom stereocenters. The summed E-state index contributed by atoms with van der Waals surface area (Å²) in [6.45, 7) is 1.03. The van der Waals surface area contributed by atoms with Crippen molar-refractivity contribution < 1.29 is 22.7 Å². The van der Waals surface area contributed by atoms with Crippen LogP contribution in [0.1, 0.15) is 42.5 Å². The van der Waals surface area contributed by atoms with E-state index >= 15 is 0 Å². The molecule has 1 saturated heterocycles. The number of ether oxygens (including phenoxy) is 1. The third kappa shape index (κ3) is 6.38. The smallest absolute Gasteiger partial charge is 0.340 e. The van der Waals surface area contributed by atoms with Crippen molar-refractivity contribution in [2.75, 3.05) is 30.7 Å². The number of carbonyl (C=O) groups excluding carboxylic acids is 2. The van der Waals surface area contributed by atoms with Gasteiger partial charge in [0.2, 0.25) is 10.0 Å². The molecule has 1 aromatic carbocycles. The molecule has 7 nitrogen and oxygen atoms in total. The van der Waals surface area contributed by atoms with Gasteiger partial charge in [0.1, 0.15) is 0 Å². The summed E-state index contributed by atoms with van der Waals surface area (Å²) in [7, 11) is -3.52. The van der Waals surface area contributed by atoms with Gasteiger partial charge in [-0.1, -0.05) is 31.4 Å². The molecule has 1 fully saturated rings. The summed E-state index contributed by atoms with van der Waals surface area (Å²) in [5.74, 6) is -0.948. The Bertz CT molecular complexity index is 710. The van der Waals surface area contributed by atoms with Gasteiger partial charge in [-0.05, 0) is 25.0 Å². The zero-order chi connectivity index (χ0) is 18.3. The van der Waals surface area contributed by atoms with E-state index in [0.717, 1.165) is 31.9 Å². The molecule has 1 amide bonds. The first-order valence-corrected chi connectivity index (χ1v) is 10.3. The zero-order valence-electron chi connectivity index (χ0n) is 14.4. The van der Waals surface area contributed by atoms with E-state index in [2.05, 4.69) is 4.72 Å². The summed E-state index contributed by atoms with van der Waals surface area (Å²) >= 11 is 0. The van der Waals surface area contributed by atoms with Crippen LogP contribution in [-0.4, -0.2) is 51.1 Å². The number of hydrogen-bond donors (Lipinski definition) is 1. The van der Waals surface area contributed by atoms with Crippen LogP contribution in [0.15, 0.2) is 24.3 Å². The minimum atomic E-state index is -3.52. The fraction of sp³-hybridized carbons (Fsp3) is 0.529. The Morgan fingerprint density at radius 1 is 1.08 bits per heavy atom. The molecule has 1 aromatic rings. The molecule has 0 radical (unpaired) electrons. The van der Waals surface area contributed by atoms with Crippen molar-refractivity contribution >= 4 is 27.6 Å². The predicted molar refractivity (Wildman–Crippen MR) is 94.9 cm³/mol. The SMILES string of the molecule is CS(=O)(=O)Nc1ccccc1C(=O)OCC(=O)N1CCCCCCC1. The Morgan fingerprint density at radius 2 is 1.68 bits per heavy atom. The van der Waals surface area contributed by atoms with E-state index in [-0.39, 0.29) is 23.8 Å². The first-order valence-electron chi connectivity index (χ1n) is 8.38. The second-order valence-corrected chi connectivity index (χ2v) is 7.89. The van der Waals surface area contributed by atoms with Gasteiger partial charge in [-0.2, -0.15) is 0 Å². The number of nitrogens with zero attached hydrogens (tertiary/aromatic N) is 1. The normalized spacial score (nSPS) is 15.8. The summed E-state index contributed by atoms with van der Waals surface area (Å²) in [6.07, 6.45) is 6.32. The van der Waals surface area contributed by atoms with Gasteiger partial charge >= 0.3 is 5.97 Å². The topological polar surface area (TPSA) is 92.8 Å². The van der Waals surface area contributed by atoms with Crippen LogP contribution in [0.25, 0.3) is 0 Å². The molecule has 1 N–H and O–H groups in total. The highest BCUT2D eigenvalue weighted by atomic mass is 32.2. The summed E-state index contributed by atoms with van der Waals surface area (Å²) in [4.78, 5) is 26.2. The van der Waals surface area contributed by atoms with Gasteiger partial charge in [0.15, 0.2) is 6.61 Å². The van der Waals surface area contributed by atoms with Crippen LogP contribution in [-0.2, 0) is 19.6 Å². The Balaban J connectivity index is 1.96. The highest BCUT2D eigenvalue weighted by Gasteiger charge is 2.19. The van der Waals surface area contributed by atoms with Gasteiger partial charge in [0.05, 0.1) is 17.5 Å². The summed E-state index contributed by atoms with van der Waals surface area (Å²) in [5, 5.41) is 0. The molecule has 0 bridgehead atoms. The zero-order valence-corrected chi connectivity index (χ0v) is 15.2. The number of likely N-dealkylation sites (tertiary alicyclic amines) is 1. The first kappa shape index (κ1) is 19.2. The lowest BCUT2D eigenvalue weighted by molar-refractivity contribution is -0.134. The van der Waals surface area contributed by atoms with Gasteiger partial charge in [-0.3, -0.25) is 9.52 Å². The molecular formula is C17H24N2O5S. The highest BCUT2D eigenvalue weighted by Crippen LogP contribution is 2.17. The van der Waals surface area contributed by atoms with Gasteiger partial charge in [-0.15, -0.1) is 0 Å². The average Bonchev–Trinajstić information content (AvgIpc) is 2.51. The first-order chi connectivity index (χ1) is 11.9. The number of para-hydroxylation sites is 1. The fourth-order valence-corrected chi connectivity index (χ4v) is 3.32. The Morgan fingerprint density at radius 3 is 2.32 bits per heavy atom. The number of carbonyl (C=O) groups is 2. The number of nitrogens with one attached hydrogen (secondary N) is 1. The molecule has 0 unspecified atom stereocenters. The molecule has 0 saturated carbocycles. The maximum atomic E-state index is 12.2. The van der Waals surface area contributed by atoms with E-state index in [4.69, 9.17) is 4.74 Å². The van der Waals surface area contributed by atoms with E-state index in [1.165, 1.54) is 18.6 Å². The molecule has 0 spiro atoms. The molecular weight excluding hydrogens is 344 g/mol. The number of anilines is 1. The second kappa shape index (κ2) is 8.84. The van der Waals surface area contributed by atoms with Crippen LogP contribution < -0.4 is 4.72 Å². The van der Waals surface area contributed by atoms with E-state index < -0.39 is 16.0 Å². The number of benzene rings is 1. The van der Waals surface area contributed by atoms with E-state index in [1.54, 1.807) is 17.0 Å². The lowest BCUT2D eigenvalue weighted by Gasteiger charge is -2.24. The van der Waals surface area contributed by atoms with Crippen molar-refractivity contribution in [3.63, 3.8) is 0 Å². The van der Waals surface area contributed by atoms with Crippen LogP contribution >= 0.6 is 0 Å². The van der Waals surface area contributed by atoms with Crippen LogP contribution in [0.5, 0.6) is 0 Å². The minimum Gasteiger partial charge on any atom is -0.452 e. The molecule has 2 rings (SSSR count). The van der Waals surface area contributed by atoms with E-state index in [0.29, 0.717) is 13.1 Å².